The van der Waals surface area contributed by atoms with Crippen molar-refractivity contribution in [3.05, 3.63) is 49.9 Å². The van der Waals surface area contributed by atoms with E-state index in [1.165, 1.54) is 16.0 Å². The average Bonchev–Trinajstić information content (AvgIpc) is 2.89. The van der Waals surface area contributed by atoms with Crippen molar-refractivity contribution < 1.29 is 0 Å². The lowest BCUT2D eigenvalue weighted by molar-refractivity contribution is 0.790. The van der Waals surface area contributed by atoms with E-state index in [0.29, 0.717) is 0 Å². The minimum absolute atomic E-state index is 0.759. The van der Waals surface area contributed by atoms with Gasteiger partial charge in [0.15, 0.2) is 5.96 Å². The van der Waals surface area contributed by atoms with E-state index >= 15 is 0 Å². The Morgan fingerprint density at radius 1 is 1.32 bits per heavy atom. The van der Waals surface area contributed by atoms with Gasteiger partial charge in [-0.3, -0.25) is 4.99 Å². The number of guanidine groups is 1. The van der Waals surface area contributed by atoms with Crippen molar-refractivity contribution in [3.8, 4) is 0 Å². The number of aryl methyl sites for hydroxylation is 2. The number of aromatic nitrogens is 1. The number of nitrogens with one attached hydrogen (secondary N) is 2. The molecule has 0 saturated carbocycles. The standard InChI is InChI=1S/C16H21BrN4S/c1-11-8-14(17)5-4-13(11)10-21-16(18-3)19-7-6-15-20-9-12(2)22-15/h4-5,8-9H,6-7,10H2,1-3H3,(H2,18,19,21). The molecular formula is C16H21BrN4S. The van der Waals surface area contributed by atoms with Gasteiger partial charge in [0.25, 0.3) is 0 Å². The number of halogens is 1. The van der Waals surface area contributed by atoms with Crippen LogP contribution in [-0.2, 0) is 13.0 Å². The largest absolute Gasteiger partial charge is 0.356 e. The second kappa shape index (κ2) is 8.29. The summed E-state index contributed by atoms with van der Waals surface area (Å²) in [5.74, 6) is 0.815. The molecule has 1 aromatic carbocycles. The van der Waals surface area contributed by atoms with Crippen LogP contribution in [0.1, 0.15) is 21.0 Å². The maximum atomic E-state index is 4.37. The molecule has 4 nitrogen and oxygen atoms in total. The third kappa shape index (κ3) is 5.10. The van der Waals surface area contributed by atoms with Gasteiger partial charge in [-0.1, -0.05) is 22.0 Å². The van der Waals surface area contributed by atoms with Crippen LogP contribution in [0.25, 0.3) is 0 Å². The van der Waals surface area contributed by atoms with Crippen LogP contribution in [0.3, 0.4) is 0 Å². The van der Waals surface area contributed by atoms with Crippen LogP contribution < -0.4 is 10.6 Å². The molecule has 0 amide bonds. The fraction of sp³-hybridized carbons (Fsp3) is 0.375. The van der Waals surface area contributed by atoms with Crippen molar-refractivity contribution in [2.45, 2.75) is 26.8 Å². The quantitative estimate of drug-likeness (QED) is 0.616. The van der Waals surface area contributed by atoms with Gasteiger partial charge in [-0.15, -0.1) is 11.3 Å². The first-order valence-corrected chi connectivity index (χ1v) is 8.80. The predicted molar refractivity (Wildman–Crippen MR) is 97.6 cm³/mol. The molecule has 0 spiro atoms. The zero-order valence-corrected chi connectivity index (χ0v) is 15.5. The number of benzene rings is 1. The topological polar surface area (TPSA) is 49.3 Å². The van der Waals surface area contributed by atoms with E-state index in [1.54, 1.807) is 18.4 Å². The monoisotopic (exact) mass is 380 g/mol. The molecule has 0 bridgehead atoms. The Labute approximate surface area is 144 Å². The normalized spacial score (nSPS) is 11.5. The highest BCUT2D eigenvalue weighted by atomic mass is 79.9. The van der Waals surface area contributed by atoms with Gasteiger partial charge in [0.05, 0.1) is 5.01 Å². The SMILES string of the molecule is CN=C(NCCc1ncc(C)s1)NCc1ccc(Br)cc1C. The van der Waals surface area contributed by atoms with E-state index in [2.05, 4.69) is 68.6 Å². The second-order valence-corrected chi connectivity index (χ2v) is 7.27. The highest BCUT2D eigenvalue weighted by molar-refractivity contribution is 9.10. The Morgan fingerprint density at radius 2 is 2.14 bits per heavy atom. The Balaban J connectivity index is 1.80. The molecule has 2 rings (SSSR count). The summed E-state index contributed by atoms with van der Waals surface area (Å²) in [7, 11) is 1.79. The van der Waals surface area contributed by atoms with Crippen molar-refractivity contribution in [2.24, 2.45) is 4.99 Å². The molecule has 2 N–H and O–H groups in total. The fourth-order valence-electron chi connectivity index (χ4n) is 2.06. The van der Waals surface area contributed by atoms with Crippen molar-refractivity contribution >= 4 is 33.2 Å². The van der Waals surface area contributed by atoms with E-state index in [0.717, 1.165) is 35.0 Å². The zero-order chi connectivity index (χ0) is 15.9. The fourth-order valence-corrected chi connectivity index (χ4v) is 3.32. The van der Waals surface area contributed by atoms with Crippen molar-refractivity contribution in [3.63, 3.8) is 0 Å². The Bertz CT molecular complexity index is 651. The first-order valence-electron chi connectivity index (χ1n) is 7.19. The summed E-state index contributed by atoms with van der Waals surface area (Å²) in [4.78, 5) is 9.87. The number of thiazole rings is 1. The van der Waals surface area contributed by atoms with Crippen molar-refractivity contribution in [1.29, 1.82) is 0 Å². The van der Waals surface area contributed by atoms with Crippen molar-refractivity contribution in [1.82, 2.24) is 15.6 Å². The minimum Gasteiger partial charge on any atom is -0.356 e. The Hall–Kier alpha value is -1.40. The van der Waals surface area contributed by atoms with E-state index < -0.39 is 0 Å². The number of hydrogen-bond donors (Lipinski definition) is 2. The molecule has 0 radical (unpaired) electrons. The summed E-state index contributed by atoms with van der Waals surface area (Å²) in [6.45, 7) is 5.78. The Kier molecular flexibility index (Phi) is 6.39. The van der Waals surface area contributed by atoms with Gasteiger partial charge >= 0.3 is 0 Å². The summed E-state index contributed by atoms with van der Waals surface area (Å²) < 4.78 is 1.11. The highest BCUT2D eigenvalue weighted by Gasteiger charge is 2.03. The molecule has 22 heavy (non-hydrogen) atoms. The number of aliphatic imine (C=N–C) groups is 1. The molecule has 0 unspecified atom stereocenters. The smallest absolute Gasteiger partial charge is 0.191 e. The molecule has 118 valence electrons. The van der Waals surface area contributed by atoms with Gasteiger partial charge < -0.3 is 10.6 Å². The third-order valence-corrected chi connectivity index (χ3v) is 4.74. The van der Waals surface area contributed by atoms with Crippen LogP contribution in [0, 0.1) is 13.8 Å². The molecule has 0 aliphatic carbocycles. The lowest BCUT2D eigenvalue weighted by Gasteiger charge is -2.13. The van der Waals surface area contributed by atoms with Gasteiger partial charge in [-0.2, -0.15) is 0 Å². The van der Waals surface area contributed by atoms with Gasteiger partial charge in [0.1, 0.15) is 0 Å². The second-order valence-electron chi connectivity index (χ2n) is 5.04. The van der Waals surface area contributed by atoms with Crippen molar-refractivity contribution in [2.75, 3.05) is 13.6 Å². The van der Waals surface area contributed by atoms with E-state index in [9.17, 15) is 0 Å². The molecule has 1 aromatic heterocycles. The van der Waals surface area contributed by atoms with E-state index in [-0.39, 0.29) is 0 Å². The Morgan fingerprint density at radius 3 is 2.77 bits per heavy atom. The van der Waals surface area contributed by atoms with Crippen LogP contribution in [-0.4, -0.2) is 24.5 Å². The van der Waals surface area contributed by atoms with Gasteiger partial charge in [0, 0.05) is 42.1 Å². The third-order valence-electron chi connectivity index (χ3n) is 3.27. The van der Waals surface area contributed by atoms with E-state index in [4.69, 9.17) is 0 Å². The molecule has 0 fully saturated rings. The van der Waals surface area contributed by atoms with Crippen LogP contribution in [0.15, 0.2) is 33.9 Å². The van der Waals surface area contributed by atoms with Gasteiger partial charge in [0.2, 0.25) is 0 Å². The summed E-state index contributed by atoms with van der Waals surface area (Å²) in [6, 6.07) is 6.31. The van der Waals surface area contributed by atoms with Gasteiger partial charge in [-0.25, -0.2) is 4.98 Å². The molecular weight excluding hydrogens is 360 g/mol. The summed E-state index contributed by atoms with van der Waals surface area (Å²) in [5, 5.41) is 7.83. The van der Waals surface area contributed by atoms with Crippen LogP contribution >= 0.6 is 27.3 Å². The molecule has 6 heteroatoms. The first kappa shape index (κ1) is 17.0. The maximum Gasteiger partial charge on any atom is 0.191 e. The summed E-state index contributed by atoms with van der Waals surface area (Å²) in [6.07, 6.45) is 2.83. The average molecular weight is 381 g/mol. The molecule has 0 aliphatic heterocycles. The molecule has 2 aromatic rings. The number of nitrogens with zero attached hydrogens (tertiary/aromatic N) is 2. The molecule has 1 heterocycles. The number of rotatable bonds is 5. The minimum atomic E-state index is 0.759. The zero-order valence-electron chi connectivity index (χ0n) is 13.1. The van der Waals surface area contributed by atoms with Crippen LogP contribution in [0.2, 0.25) is 0 Å². The highest BCUT2D eigenvalue weighted by Crippen LogP contribution is 2.15. The maximum absolute atomic E-state index is 4.37. The first-order chi connectivity index (χ1) is 10.6. The lowest BCUT2D eigenvalue weighted by atomic mass is 10.1. The predicted octanol–water partition coefficient (Wildman–Crippen LogP) is 3.43. The molecule has 0 saturated heterocycles. The van der Waals surface area contributed by atoms with E-state index in [1.807, 2.05) is 6.20 Å². The van der Waals surface area contributed by atoms with Crippen LogP contribution in [0.5, 0.6) is 0 Å². The lowest BCUT2D eigenvalue weighted by Crippen LogP contribution is -2.38. The van der Waals surface area contributed by atoms with Crippen LogP contribution in [0.4, 0.5) is 0 Å². The molecule has 0 atom stereocenters. The summed E-state index contributed by atoms with van der Waals surface area (Å²) in [5.41, 5.74) is 2.53. The van der Waals surface area contributed by atoms with Gasteiger partial charge in [-0.05, 0) is 37.1 Å². The molecule has 0 aliphatic rings. The number of hydrogen-bond acceptors (Lipinski definition) is 3. The summed E-state index contributed by atoms with van der Waals surface area (Å²) >= 11 is 5.23.